The lowest BCUT2D eigenvalue weighted by atomic mass is 9.83. The Bertz CT molecular complexity index is 1260. The predicted octanol–water partition coefficient (Wildman–Crippen LogP) is 4.93. The zero-order valence-electron chi connectivity index (χ0n) is 18.7. The average Bonchev–Trinajstić information content (AvgIpc) is 2.91. The molecule has 0 atom stereocenters. The van der Waals surface area contributed by atoms with E-state index in [1.807, 2.05) is 60.7 Å². The van der Waals surface area contributed by atoms with Crippen molar-refractivity contribution in [2.24, 2.45) is 0 Å². The molecule has 0 amide bonds. The molecule has 5 rings (SSSR count). The van der Waals surface area contributed by atoms with Gasteiger partial charge in [0.05, 0.1) is 13.2 Å². The van der Waals surface area contributed by atoms with Gasteiger partial charge < -0.3 is 24.4 Å². The topological polar surface area (TPSA) is 68.2 Å². The first kappa shape index (κ1) is 22.0. The fourth-order valence-electron chi connectivity index (χ4n) is 4.39. The minimum absolute atomic E-state index is 0.0979. The molecule has 0 saturated carbocycles. The van der Waals surface area contributed by atoms with Gasteiger partial charge in [0.2, 0.25) is 0 Å². The van der Waals surface area contributed by atoms with E-state index in [9.17, 15) is 10.2 Å². The Labute approximate surface area is 198 Å². The van der Waals surface area contributed by atoms with E-state index in [2.05, 4.69) is 36.4 Å². The summed E-state index contributed by atoms with van der Waals surface area (Å²) in [7, 11) is 0. The van der Waals surface area contributed by atoms with Gasteiger partial charge in [-0.25, -0.2) is 0 Å². The van der Waals surface area contributed by atoms with Gasteiger partial charge in [-0.05, 0) is 41.1 Å². The van der Waals surface area contributed by atoms with Gasteiger partial charge in [-0.1, -0.05) is 66.7 Å². The van der Waals surface area contributed by atoms with E-state index in [0.29, 0.717) is 11.5 Å². The molecule has 34 heavy (non-hydrogen) atoms. The largest absolute Gasteiger partial charge is 0.487 e. The SMILES string of the molecule is OCCOc1cc2ccc3c(c2cc1OCCO)C=CC(c1ccccc1)(c1ccccc1)O3. The number of ether oxygens (including phenoxy) is 3. The van der Waals surface area contributed by atoms with E-state index in [0.717, 1.165) is 33.2 Å². The Morgan fingerprint density at radius 3 is 1.88 bits per heavy atom. The molecule has 0 radical (unpaired) electrons. The van der Waals surface area contributed by atoms with E-state index in [-0.39, 0.29) is 26.4 Å². The summed E-state index contributed by atoms with van der Waals surface area (Å²) in [4.78, 5) is 0. The molecular weight excluding hydrogens is 428 g/mol. The zero-order valence-corrected chi connectivity index (χ0v) is 18.7. The van der Waals surface area contributed by atoms with Crippen LogP contribution in [0.25, 0.3) is 16.8 Å². The van der Waals surface area contributed by atoms with Crippen LogP contribution < -0.4 is 14.2 Å². The lowest BCUT2D eigenvalue weighted by Gasteiger charge is -2.36. The van der Waals surface area contributed by atoms with Crippen LogP contribution in [-0.4, -0.2) is 36.6 Å². The molecule has 4 aromatic carbocycles. The summed E-state index contributed by atoms with van der Waals surface area (Å²) in [6.45, 7) is 0.0997. The smallest absolute Gasteiger partial charge is 0.178 e. The molecule has 0 fully saturated rings. The second-order valence-electron chi connectivity index (χ2n) is 8.04. The van der Waals surface area contributed by atoms with E-state index >= 15 is 0 Å². The third kappa shape index (κ3) is 4.00. The van der Waals surface area contributed by atoms with Crippen LogP contribution in [0.2, 0.25) is 0 Å². The molecule has 4 aromatic rings. The van der Waals surface area contributed by atoms with Crippen molar-refractivity contribution in [3.8, 4) is 17.2 Å². The van der Waals surface area contributed by atoms with Gasteiger partial charge in [-0.3, -0.25) is 0 Å². The lowest BCUT2D eigenvalue weighted by molar-refractivity contribution is 0.161. The summed E-state index contributed by atoms with van der Waals surface area (Å²) in [5, 5.41) is 20.3. The maximum atomic E-state index is 9.24. The molecule has 2 N–H and O–H groups in total. The van der Waals surface area contributed by atoms with Crippen LogP contribution in [0.3, 0.4) is 0 Å². The van der Waals surface area contributed by atoms with Crippen LogP contribution >= 0.6 is 0 Å². The second kappa shape index (κ2) is 9.59. The van der Waals surface area contributed by atoms with Crippen LogP contribution in [0, 0.1) is 0 Å². The van der Waals surface area contributed by atoms with E-state index in [1.54, 1.807) is 0 Å². The fraction of sp³-hybridized carbons (Fsp3) is 0.172. The fourth-order valence-corrected chi connectivity index (χ4v) is 4.39. The van der Waals surface area contributed by atoms with Crippen molar-refractivity contribution in [3.63, 3.8) is 0 Å². The molecule has 1 aliphatic heterocycles. The number of fused-ring (bicyclic) bond motifs is 3. The van der Waals surface area contributed by atoms with Crippen LogP contribution in [0.5, 0.6) is 17.2 Å². The lowest BCUT2D eigenvalue weighted by Crippen LogP contribution is -2.34. The van der Waals surface area contributed by atoms with Gasteiger partial charge in [0, 0.05) is 16.7 Å². The van der Waals surface area contributed by atoms with Gasteiger partial charge in [0.25, 0.3) is 0 Å². The standard InChI is InChI=1S/C29H26O5/c30-15-17-32-27-19-21-11-12-26-24(25(21)20-28(27)33-18-16-31)13-14-29(34-26,22-7-3-1-4-8-22)23-9-5-2-6-10-23/h1-14,19-20,30-31H,15-18H2. The molecule has 1 aliphatic rings. The Kier molecular flexibility index (Phi) is 6.21. The minimum atomic E-state index is -0.746. The highest BCUT2D eigenvalue weighted by Crippen LogP contribution is 2.45. The molecule has 0 bridgehead atoms. The quantitative estimate of drug-likeness (QED) is 0.395. The molecule has 172 valence electrons. The molecule has 1 heterocycles. The summed E-state index contributed by atoms with van der Waals surface area (Å²) >= 11 is 0. The summed E-state index contributed by atoms with van der Waals surface area (Å²) in [5.74, 6) is 1.80. The molecule has 0 spiro atoms. The highest BCUT2D eigenvalue weighted by atomic mass is 16.5. The molecule has 0 unspecified atom stereocenters. The normalized spacial score (nSPS) is 13.8. The average molecular weight is 455 g/mol. The maximum Gasteiger partial charge on any atom is 0.178 e. The van der Waals surface area contributed by atoms with Gasteiger partial charge in [-0.2, -0.15) is 0 Å². The number of aliphatic hydroxyl groups is 2. The molecule has 0 aliphatic carbocycles. The Morgan fingerprint density at radius 1 is 0.706 bits per heavy atom. The predicted molar refractivity (Wildman–Crippen MR) is 132 cm³/mol. The van der Waals surface area contributed by atoms with Crippen molar-refractivity contribution in [1.82, 2.24) is 0 Å². The second-order valence-corrected chi connectivity index (χ2v) is 8.04. The number of benzene rings is 4. The van der Waals surface area contributed by atoms with Crippen molar-refractivity contribution in [2.45, 2.75) is 5.60 Å². The first-order chi connectivity index (χ1) is 16.7. The molecule has 0 saturated heterocycles. The van der Waals surface area contributed by atoms with E-state index < -0.39 is 5.60 Å². The van der Waals surface area contributed by atoms with E-state index in [1.165, 1.54) is 0 Å². The number of rotatable bonds is 8. The maximum absolute atomic E-state index is 9.24. The highest BCUT2D eigenvalue weighted by molar-refractivity contribution is 5.96. The summed E-state index contributed by atoms with van der Waals surface area (Å²) in [6.07, 6.45) is 4.20. The number of aliphatic hydroxyl groups excluding tert-OH is 2. The third-order valence-electron chi connectivity index (χ3n) is 5.94. The Morgan fingerprint density at radius 2 is 1.29 bits per heavy atom. The third-order valence-corrected chi connectivity index (χ3v) is 5.94. The van der Waals surface area contributed by atoms with Crippen LogP contribution in [0.15, 0.2) is 91.0 Å². The van der Waals surface area contributed by atoms with Crippen LogP contribution in [-0.2, 0) is 5.60 Å². The number of hydrogen-bond donors (Lipinski definition) is 2. The highest BCUT2D eigenvalue weighted by Gasteiger charge is 2.37. The van der Waals surface area contributed by atoms with Crippen molar-refractivity contribution in [2.75, 3.05) is 26.4 Å². The van der Waals surface area contributed by atoms with Gasteiger partial charge >= 0.3 is 0 Å². The monoisotopic (exact) mass is 454 g/mol. The molecule has 0 aromatic heterocycles. The van der Waals surface area contributed by atoms with Gasteiger partial charge in [-0.15, -0.1) is 0 Å². The van der Waals surface area contributed by atoms with Gasteiger partial charge in [0.15, 0.2) is 17.1 Å². The van der Waals surface area contributed by atoms with Crippen molar-refractivity contribution in [1.29, 1.82) is 0 Å². The minimum Gasteiger partial charge on any atom is -0.487 e. The van der Waals surface area contributed by atoms with Crippen LogP contribution in [0.1, 0.15) is 16.7 Å². The van der Waals surface area contributed by atoms with Crippen molar-refractivity contribution >= 4 is 16.8 Å². The molecular formula is C29H26O5. The van der Waals surface area contributed by atoms with Crippen molar-refractivity contribution < 1.29 is 24.4 Å². The summed E-state index contributed by atoms with van der Waals surface area (Å²) in [5.41, 5.74) is 2.29. The first-order valence-corrected chi connectivity index (χ1v) is 11.3. The van der Waals surface area contributed by atoms with Crippen molar-refractivity contribution in [3.05, 3.63) is 108 Å². The first-order valence-electron chi connectivity index (χ1n) is 11.3. The molecule has 5 heteroatoms. The van der Waals surface area contributed by atoms with Crippen LogP contribution in [0.4, 0.5) is 0 Å². The Hall–Kier alpha value is -3.80. The summed E-state index contributed by atoms with van der Waals surface area (Å²) in [6, 6.07) is 28.2. The van der Waals surface area contributed by atoms with Gasteiger partial charge in [0.1, 0.15) is 19.0 Å². The van der Waals surface area contributed by atoms with E-state index in [4.69, 9.17) is 14.2 Å². The zero-order chi connectivity index (χ0) is 23.4. The molecule has 5 nitrogen and oxygen atoms in total. The number of hydrogen-bond acceptors (Lipinski definition) is 5. The summed E-state index contributed by atoms with van der Waals surface area (Å²) < 4.78 is 18.2. The Balaban J connectivity index is 1.64.